The van der Waals surface area contributed by atoms with E-state index in [9.17, 15) is 8.42 Å². The van der Waals surface area contributed by atoms with E-state index in [4.69, 9.17) is 28.9 Å². The number of benzene rings is 1. The molecule has 1 aliphatic rings. The second-order valence-corrected chi connectivity index (χ2v) is 8.27. The lowest BCUT2D eigenvalue weighted by Gasteiger charge is -2.23. The number of nitrogens with two attached hydrogens (primary N) is 1. The van der Waals surface area contributed by atoms with Crippen molar-refractivity contribution < 1.29 is 8.42 Å². The lowest BCUT2D eigenvalue weighted by molar-refractivity contribution is 0.349. The highest BCUT2D eigenvalue weighted by atomic mass is 35.5. The summed E-state index contributed by atoms with van der Waals surface area (Å²) in [5.41, 5.74) is 6.23. The molecule has 1 heterocycles. The first kappa shape index (κ1) is 16.0. The average molecular weight is 337 g/mol. The minimum atomic E-state index is -3.69. The van der Waals surface area contributed by atoms with E-state index in [2.05, 4.69) is 0 Å². The van der Waals surface area contributed by atoms with Crippen LogP contribution in [0.5, 0.6) is 0 Å². The fraction of sp³-hybridized carbons (Fsp3) is 0.538. The molecule has 1 saturated heterocycles. The fourth-order valence-electron chi connectivity index (χ4n) is 2.35. The van der Waals surface area contributed by atoms with Crippen LogP contribution in [0, 0.1) is 12.3 Å². The minimum absolute atomic E-state index is 0.00195. The maximum Gasteiger partial charge on any atom is 0.246 e. The van der Waals surface area contributed by atoms with Crippen LogP contribution in [-0.2, 0) is 10.0 Å². The number of aryl methyl sites for hydroxylation is 1. The summed E-state index contributed by atoms with van der Waals surface area (Å²) in [7, 11) is -3.69. The van der Waals surface area contributed by atoms with Crippen molar-refractivity contribution in [3.63, 3.8) is 0 Å². The molecule has 1 aliphatic heterocycles. The normalized spacial score (nSPS) is 24.2. The Hall–Kier alpha value is -0.330. The van der Waals surface area contributed by atoms with Crippen LogP contribution in [0.4, 0.5) is 0 Å². The Morgan fingerprint density at radius 3 is 2.60 bits per heavy atom. The Balaban J connectivity index is 2.45. The summed E-state index contributed by atoms with van der Waals surface area (Å²) in [6, 6.07) is 3.27. The lowest BCUT2D eigenvalue weighted by atomic mass is 9.90. The molecule has 2 rings (SSSR count). The zero-order chi connectivity index (χ0) is 15.1. The number of nitrogens with zero attached hydrogens (tertiary/aromatic N) is 1. The number of rotatable bonds is 3. The predicted molar refractivity (Wildman–Crippen MR) is 81.7 cm³/mol. The van der Waals surface area contributed by atoms with Crippen LogP contribution in [0.3, 0.4) is 0 Å². The van der Waals surface area contributed by atoms with Crippen molar-refractivity contribution in [1.29, 1.82) is 0 Å². The highest BCUT2D eigenvalue weighted by Crippen LogP contribution is 2.38. The molecule has 0 aliphatic carbocycles. The molecule has 0 amide bonds. The zero-order valence-corrected chi connectivity index (χ0v) is 13.8. The summed E-state index contributed by atoms with van der Waals surface area (Å²) < 4.78 is 26.9. The first-order chi connectivity index (χ1) is 9.21. The molecule has 20 heavy (non-hydrogen) atoms. The minimum Gasteiger partial charge on any atom is -0.330 e. The van der Waals surface area contributed by atoms with Crippen molar-refractivity contribution in [1.82, 2.24) is 4.31 Å². The Labute approximate surface area is 129 Å². The molecule has 7 heteroatoms. The summed E-state index contributed by atoms with van der Waals surface area (Å²) in [6.07, 6.45) is 0.740. The smallest absolute Gasteiger partial charge is 0.246 e. The molecule has 1 unspecified atom stereocenters. The molecule has 1 fully saturated rings. The van der Waals surface area contributed by atoms with Crippen LogP contribution in [0.25, 0.3) is 0 Å². The number of hydrogen-bond donors (Lipinski definition) is 1. The molecule has 0 radical (unpaired) electrons. The first-order valence-corrected chi connectivity index (χ1v) is 8.56. The van der Waals surface area contributed by atoms with Gasteiger partial charge in [-0.15, -0.1) is 0 Å². The Morgan fingerprint density at radius 2 is 2.05 bits per heavy atom. The summed E-state index contributed by atoms with van der Waals surface area (Å²) in [6.45, 7) is 5.03. The fourth-order valence-corrected chi connectivity index (χ4v) is 5.08. The van der Waals surface area contributed by atoms with Gasteiger partial charge in [0.15, 0.2) is 0 Å². The summed E-state index contributed by atoms with van der Waals surface area (Å²) in [5, 5.41) is 0.348. The van der Waals surface area contributed by atoms with Crippen LogP contribution in [0.2, 0.25) is 10.0 Å². The van der Waals surface area contributed by atoms with Crippen LogP contribution < -0.4 is 5.73 Å². The molecule has 0 spiro atoms. The van der Waals surface area contributed by atoms with Gasteiger partial charge in [-0.3, -0.25) is 0 Å². The highest BCUT2D eigenvalue weighted by molar-refractivity contribution is 7.89. The highest BCUT2D eigenvalue weighted by Gasteiger charge is 2.40. The van der Waals surface area contributed by atoms with Gasteiger partial charge in [-0.05, 0) is 36.9 Å². The molecule has 2 N–H and O–H groups in total. The van der Waals surface area contributed by atoms with E-state index in [1.807, 2.05) is 6.92 Å². The van der Waals surface area contributed by atoms with Gasteiger partial charge in [0.25, 0.3) is 0 Å². The molecule has 0 bridgehead atoms. The molecule has 1 aromatic carbocycles. The van der Waals surface area contributed by atoms with Gasteiger partial charge in [-0.2, -0.15) is 4.31 Å². The third-order valence-electron chi connectivity index (χ3n) is 3.86. The van der Waals surface area contributed by atoms with E-state index in [-0.39, 0.29) is 20.4 Å². The van der Waals surface area contributed by atoms with Gasteiger partial charge < -0.3 is 5.73 Å². The maximum atomic E-state index is 12.7. The van der Waals surface area contributed by atoms with E-state index < -0.39 is 10.0 Å². The van der Waals surface area contributed by atoms with Crippen molar-refractivity contribution in [3.05, 3.63) is 27.7 Å². The van der Waals surface area contributed by atoms with Gasteiger partial charge in [-0.1, -0.05) is 36.2 Å². The molecular formula is C13H18Cl2N2O2S. The molecule has 0 aromatic heterocycles. The van der Waals surface area contributed by atoms with Gasteiger partial charge in [-0.25, -0.2) is 8.42 Å². The van der Waals surface area contributed by atoms with Crippen LogP contribution >= 0.6 is 23.2 Å². The van der Waals surface area contributed by atoms with Crippen LogP contribution in [0.15, 0.2) is 17.0 Å². The number of hydrogen-bond acceptors (Lipinski definition) is 3. The Kier molecular flexibility index (Phi) is 4.38. The van der Waals surface area contributed by atoms with Crippen molar-refractivity contribution in [2.75, 3.05) is 19.6 Å². The first-order valence-electron chi connectivity index (χ1n) is 6.36. The van der Waals surface area contributed by atoms with Crippen molar-refractivity contribution in [2.45, 2.75) is 25.2 Å². The molecular weight excluding hydrogens is 319 g/mol. The summed E-state index contributed by atoms with van der Waals surface area (Å²) in [5.74, 6) is 0. The van der Waals surface area contributed by atoms with E-state index in [0.29, 0.717) is 25.2 Å². The van der Waals surface area contributed by atoms with Gasteiger partial charge in [0, 0.05) is 13.1 Å². The second-order valence-electron chi connectivity index (χ2n) is 5.61. The van der Waals surface area contributed by atoms with E-state index >= 15 is 0 Å². The van der Waals surface area contributed by atoms with E-state index in [1.54, 1.807) is 19.1 Å². The predicted octanol–water partition coefficient (Wildman–Crippen LogP) is 2.66. The van der Waals surface area contributed by atoms with Crippen molar-refractivity contribution >= 4 is 33.2 Å². The number of halogens is 2. The lowest BCUT2D eigenvalue weighted by Crippen LogP contribution is -2.34. The molecule has 112 valence electrons. The summed E-state index contributed by atoms with van der Waals surface area (Å²) >= 11 is 12.2. The Morgan fingerprint density at radius 1 is 1.40 bits per heavy atom. The summed E-state index contributed by atoms with van der Waals surface area (Å²) in [4.78, 5) is 0.00195. The van der Waals surface area contributed by atoms with E-state index in [1.165, 1.54) is 4.31 Å². The molecule has 1 atom stereocenters. The standard InChI is InChI=1S/C13H18Cl2N2O2S/c1-9-3-4-10(14)12(11(9)15)20(18,19)17-6-5-13(2,7-16)8-17/h3-4H,5-8,16H2,1-2H3. The van der Waals surface area contributed by atoms with E-state index in [0.717, 1.165) is 6.42 Å². The van der Waals surface area contributed by atoms with Gasteiger partial charge in [0.2, 0.25) is 10.0 Å². The SMILES string of the molecule is Cc1ccc(Cl)c(S(=O)(=O)N2CCC(C)(CN)C2)c1Cl. The van der Waals surface area contributed by atoms with Crippen LogP contribution in [0.1, 0.15) is 18.9 Å². The van der Waals surface area contributed by atoms with Crippen LogP contribution in [-0.4, -0.2) is 32.4 Å². The monoisotopic (exact) mass is 336 g/mol. The third-order valence-corrected chi connectivity index (χ3v) is 6.81. The maximum absolute atomic E-state index is 12.7. The number of sulfonamides is 1. The zero-order valence-electron chi connectivity index (χ0n) is 11.5. The molecule has 4 nitrogen and oxygen atoms in total. The van der Waals surface area contributed by atoms with Gasteiger partial charge >= 0.3 is 0 Å². The molecule has 0 saturated carbocycles. The second kappa shape index (κ2) is 5.46. The topological polar surface area (TPSA) is 63.4 Å². The van der Waals surface area contributed by atoms with Crippen molar-refractivity contribution in [3.8, 4) is 0 Å². The van der Waals surface area contributed by atoms with Gasteiger partial charge in [0.05, 0.1) is 10.0 Å². The van der Waals surface area contributed by atoms with Gasteiger partial charge in [0.1, 0.15) is 4.90 Å². The quantitative estimate of drug-likeness (QED) is 0.922. The Bertz CT molecular complexity index is 634. The average Bonchev–Trinajstić information content (AvgIpc) is 2.78. The molecule has 1 aromatic rings. The van der Waals surface area contributed by atoms with Crippen molar-refractivity contribution in [2.24, 2.45) is 11.1 Å². The third kappa shape index (κ3) is 2.70. The largest absolute Gasteiger partial charge is 0.330 e.